The van der Waals surface area contributed by atoms with Crippen LogP contribution in [0.5, 0.6) is 0 Å². The molecule has 0 aliphatic carbocycles. The Morgan fingerprint density at radius 1 is 1.28 bits per heavy atom. The van der Waals surface area contributed by atoms with Gasteiger partial charge in [-0.1, -0.05) is 6.07 Å². The number of benzene rings is 1. The van der Waals surface area contributed by atoms with E-state index in [0.717, 1.165) is 16.8 Å². The number of carbonyl (C=O) groups excluding carboxylic acids is 2. The van der Waals surface area contributed by atoms with E-state index in [2.05, 4.69) is 5.10 Å². The molecule has 0 saturated carbocycles. The van der Waals surface area contributed by atoms with Gasteiger partial charge in [0.1, 0.15) is 0 Å². The molecule has 8 nitrogen and oxygen atoms in total. The Morgan fingerprint density at radius 3 is 2.62 bits per heavy atom. The SMILES string of the molecule is CC(=O)N1c2ccc(-c3cnn(CCO)c3)cc2N(C(=O)N(C)C(C)C)CC1C. The zero-order valence-electron chi connectivity index (χ0n) is 17.7. The maximum atomic E-state index is 13.2. The minimum Gasteiger partial charge on any atom is -0.394 e. The van der Waals surface area contributed by atoms with Crippen LogP contribution in [0.25, 0.3) is 11.1 Å². The molecule has 1 aromatic heterocycles. The summed E-state index contributed by atoms with van der Waals surface area (Å²) in [6, 6.07) is 5.60. The lowest BCUT2D eigenvalue weighted by atomic mass is 10.0. The summed E-state index contributed by atoms with van der Waals surface area (Å²) in [6.45, 7) is 8.30. The standard InChI is InChI=1S/C21H29N5O3/c1-14(2)23(5)21(29)25-12-15(3)26(16(4)28)19-7-6-17(10-20(19)25)18-11-22-24(13-18)8-9-27/h6-7,10-11,13-15,27H,8-9,12H2,1-5H3. The minimum absolute atomic E-state index is 0.0145. The van der Waals surface area contributed by atoms with Gasteiger partial charge in [0, 0.05) is 38.3 Å². The number of fused-ring (bicyclic) bond motifs is 1. The number of anilines is 2. The highest BCUT2D eigenvalue weighted by molar-refractivity contribution is 6.04. The van der Waals surface area contributed by atoms with Crippen LogP contribution in [0.2, 0.25) is 0 Å². The van der Waals surface area contributed by atoms with Crippen molar-refractivity contribution in [2.45, 2.75) is 46.3 Å². The summed E-state index contributed by atoms with van der Waals surface area (Å²) < 4.78 is 1.67. The molecule has 3 rings (SSSR count). The highest BCUT2D eigenvalue weighted by Crippen LogP contribution is 2.39. The van der Waals surface area contributed by atoms with Crippen molar-refractivity contribution >= 4 is 23.3 Å². The molecule has 3 amide bonds. The van der Waals surface area contributed by atoms with Gasteiger partial charge in [0.2, 0.25) is 5.91 Å². The third-order valence-corrected chi connectivity index (χ3v) is 5.36. The fraction of sp³-hybridized carbons (Fsp3) is 0.476. The summed E-state index contributed by atoms with van der Waals surface area (Å²) in [5.74, 6) is -0.0495. The van der Waals surface area contributed by atoms with Gasteiger partial charge in [-0.25, -0.2) is 4.79 Å². The van der Waals surface area contributed by atoms with Crippen molar-refractivity contribution in [3.63, 3.8) is 0 Å². The lowest BCUT2D eigenvalue weighted by Crippen LogP contribution is -2.54. The summed E-state index contributed by atoms with van der Waals surface area (Å²) in [6.07, 6.45) is 3.59. The average molecular weight is 399 g/mol. The summed E-state index contributed by atoms with van der Waals surface area (Å²) in [5, 5.41) is 13.4. The maximum absolute atomic E-state index is 13.2. The molecule has 0 radical (unpaired) electrons. The number of amides is 3. The third-order valence-electron chi connectivity index (χ3n) is 5.36. The Bertz CT molecular complexity index is 907. The molecule has 0 bridgehead atoms. The fourth-order valence-corrected chi connectivity index (χ4v) is 3.61. The monoisotopic (exact) mass is 399 g/mol. The van der Waals surface area contributed by atoms with Crippen molar-refractivity contribution in [1.29, 1.82) is 0 Å². The van der Waals surface area contributed by atoms with Gasteiger partial charge in [0.15, 0.2) is 0 Å². The van der Waals surface area contributed by atoms with E-state index in [1.165, 1.54) is 0 Å². The van der Waals surface area contributed by atoms with Gasteiger partial charge < -0.3 is 14.9 Å². The van der Waals surface area contributed by atoms with Crippen LogP contribution in [0.3, 0.4) is 0 Å². The molecule has 29 heavy (non-hydrogen) atoms. The summed E-state index contributed by atoms with van der Waals surface area (Å²) in [7, 11) is 1.79. The number of hydrogen-bond acceptors (Lipinski definition) is 4. The van der Waals surface area contributed by atoms with Crippen LogP contribution >= 0.6 is 0 Å². The Labute approximate surface area is 171 Å². The molecule has 1 aliphatic rings. The van der Waals surface area contributed by atoms with Gasteiger partial charge in [-0.2, -0.15) is 5.10 Å². The third kappa shape index (κ3) is 3.98. The molecule has 1 unspecified atom stereocenters. The Kier molecular flexibility index (Phi) is 5.93. The van der Waals surface area contributed by atoms with Crippen LogP contribution in [0.1, 0.15) is 27.7 Å². The van der Waals surface area contributed by atoms with Crippen molar-refractivity contribution < 1.29 is 14.7 Å². The molecule has 1 aliphatic heterocycles. The van der Waals surface area contributed by atoms with Crippen molar-refractivity contribution in [2.75, 3.05) is 30.0 Å². The first-order valence-electron chi connectivity index (χ1n) is 9.86. The quantitative estimate of drug-likeness (QED) is 0.857. The molecule has 2 heterocycles. The number of hydrogen-bond donors (Lipinski definition) is 1. The number of urea groups is 1. The molecule has 1 aromatic carbocycles. The fourth-order valence-electron chi connectivity index (χ4n) is 3.61. The predicted octanol–water partition coefficient (Wildman–Crippen LogP) is 2.56. The van der Waals surface area contributed by atoms with Crippen LogP contribution in [-0.2, 0) is 11.3 Å². The lowest BCUT2D eigenvalue weighted by Gasteiger charge is -2.42. The molecule has 1 atom stereocenters. The zero-order valence-corrected chi connectivity index (χ0v) is 17.7. The average Bonchev–Trinajstić information content (AvgIpc) is 3.14. The molecule has 0 fully saturated rings. The van der Waals surface area contributed by atoms with Gasteiger partial charge in [0.25, 0.3) is 0 Å². The zero-order chi connectivity index (χ0) is 21.3. The summed E-state index contributed by atoms with van der Waals surface area (Å²) >= 11 is 0. The first-order chi connectivity index (χ1) is 13.7. The predicted molar refractivity (Wildman–Crippen MR) is 113 cm³/mol. The second kappa shape index (κ2) is 8.24. The minimum atomic E-state index is -0.123. The first kappa shape index (κ1) is 20.9. The van der Waals surface area contributed by atoms with Crippen molar-refractivity contribution in [1.82, 2.24) is 14.7 Å². The number of aromatic nitrogens is 2. The number of carbonyl (C=O) groups is 2. The number of nitrogens with zero attached hydrogens (tertiary/aromatic N) is 5. The topological polar surface area (TPSA) is 81.9 Å². The van der Waals surface area contributed by atoms with Gasteiger partial charge in [0.05, 0.1) is 36.8 Å². The molecule has 1 N–H and O–H groups in total. The molecule has 156 valence electrons. The van der Waals surface area contributed by atoms with E-state index in [9.17, 15) is 9.59 Å². The molecular formula is C21H29N5O3. The van der Waals surface area contributed by atoms with Gasteiger partial charge in [-0.3, -0.25) is 14.4 Å². The highest BCUT2D eigenvalue weighted by Gasteiger charge is 2.35. The lowest BCUT2D eigenvalue weighted by molar-refractivity contribution is -0.117. The van der Waals surface area contributed by atoms with Crippen LogP contribution in [0, 0.1) is 0 Å². The van der Waals surface area contributed by atoms with Crippen molar-refractivity contribution in [2.24, 2.45) is 0 Å². The van der Waals surface area contributed by atoms with Crippen molar-refractivity contribution in [3.8, 4) is 11.1 Å². The molecule has 2 aromatic rings. The molecule has 8 heteroatoms. The molecule has 0 saturated heterocycles. The Hall–Kier alpha value is -2.87. The second-order valence-electron chi connectivity index (χ2n) is 7.76. The van der Waals surface area contributed by atoms with E-state index in [1.807, 2.05) is 45.2 Å². The van der Waals surface area contributed by atoms with Gasteiger partial charge >= 0.3 is 6.03 Å². The number of aliphatic hydroxyl groups excluding tert-OH is 1. The van der Waals surface area contributed by atoms with E-state index < -0.39 is 0 Å². The van der Waals surface area contributed by atoms with E-state index in [0.29, 0.717) is 18.8 Å². The van der Waals surface area contributed by atoms with E-state index in [1.54, 1.807) is 39.5 Å². The second-order valence-corrected chi connectivity index (χ2v) is 7.76. The number of rotatable bonds is 4. The van der Waals surface area contributed by atoms with Crippen LogP contribution in [-0.4, -0.2) is 64.0 Å². The van der Waals surface area contributed by atoms with Crippen LogP contribution in [0.4, 0.5) is 16.2 Å². The van der Waals surface area contributed by atoms with Crippen LogP contribution < -0.4 is 9.80 Å². The number of aliphatic hydroxyl groups is 1. The molecule has 0 spiro atoms. The smallest absolute Gasteiger partial charge is 0.324 e. The van der Waals surface area contributed by atoms with E-state index in [-0.39, 0.29) is 30.6 Å². The van der Waals surface area contributed by atoms with E-state index in [4.69, 9.17) is 5.11 Å². The highest BCUT2D eigenvalue weighted by atomic mass is 16.3. The normalized spacial score (nSPS) is 16.2. The Morgan fingerprint density at radius 2 is 2.00 bits per heavy atom. The van der Waals surface area contributed by atoms with Crippen LogP contribution in [0.15, 0.2) is 30.6 Å². The van der Waals surface area contributed by atoms with Gasteiger partial charge in [-0.05, 0) is 38.5 Å². The van der Waals surface area contributed by atoms with Crippen molar-refractivity contribution in [3.05, 3.63) is 30.6 Å². The summed E-state index contributed by atoms with van der Waals surface area (Å²) in [4.78, 5) is 30.7. The van der Waals surface area contributed by atoms with E-state index >= 15 is 0 Å². The maximum Gasteiger partial charge on any atom is 0.324 e. The first-order valence-corrected chi connectivity index (χ1v) is 9.86. The largest absolute Gasteiger partial charge is 0.394 e. The Balaban J connectivity index is 2.08. The van der Waals surface area contributed by atoms with Gasteiger partial charge in [-0.15, -0.1) is 0 Å². The molecular weight excluding hydrogens is 370 g/mol. The summed E-state index contributed by atoms with van der Waals surface area (Å²) in [5.41, 5.74) is 3.23.